The van der Waals surface area contributed by atoms with Crippen molar-refractivity contribution in [2.75, 3.05) is 19.0 Å². The minimum absolute atomic E-state index is 0.0648. The van der Waals surface area contributed by atoms with Crippen LogP contribution in [0, 0.1) is 6.07 Å². The lowest BCUT2D eigenvalue weighted by Crippen LogP contribution is -2.16. The van der Waals surface area contributed by atoms with Crippen molar-refractivity contribution >= 4 is 5.69 Å². The molecule has 1 aromatic rings. The van der Waals surface area contributed by atoms with Gasteiger partial charge in [-0.3, -0.25) is 0 Å². The Balaban J connectivity index is 3.20. The molecule has 0 fully saturated rings. The third-order valence-electron chi connectivity index (χ3n) is 1.59. The van der Waals surface area contributed by atoms with Crippen molar-refractivity contribution in [1.29, 1.82) is 0 Å². The topological polar surface area (TPSA) is 3.24 Å². The number of nitrogens with zero attached hydrogens (tertiary/aromatic N) is 1. The van der Waals surface area contributed by atoms with Gasteiger partial charge in [-0.1, -0.05) is 12.1 Å². The van der Waals surface area contributed by atoms with Crippen molar-refractivity contribution < 1.29 is 13.2 Å². The first-order valence-corrected chi connectivity index (χ1v) is 3.68. The largest absolute Gasteiger partial charge is 0.418 e. The third kappa shape index (κ3) is 2.14. The average Bonchev–Trinajstić information content (AvgIpc) is 2.03. The van der Waals surface area contributed by atoms with E-state index in [0.29, 0.717) is 0 Å². The van der Waals surface area contributed by atoms with Crippen LogP contribution in [0.4, 0.5) is 18.9 Å². The molecule has 0 aliphatic carbocycles. The molecular weight excluding hydrogens is 179 g/mol. The minimum Gasteiger partial charge on any atom is -0.377 e. The number of para-hydroxylation sites is 1. The highest BCUT2D eigenvalue weighted by molar-refractivity contribution is 5.52. The Hall–Kier alpha value is -1.19. The Kier molecular flexibility index (Phi) is 2.50. The first-order valence-electron chi connectivity index (χ1n) is 3.68. The molecule has 0 heterocycles. The number of hydrogen-bond acceptors (Lipinski definition) is 1. The Morgan fingerprint density at radius 1 is 1.31 bits per heavy atom. The van der Waals surface area contributed by atoms with Gasteiger partial charge in [0, 0.05) is 20.2 Å². The number of alkyl halides is 3. The van der Waals surface area contributed by atoms with Gasteiger partial charge in [0.25, 0.3) is 0 Å². The fourth-order valence-electron chi connectivity index (χ4n) is 1.03. The third-order valence-corrected chi connectivity index (χ3v) is 1.59. The molecule has 13 heavy (non-hydrogen) atoms. The molecule has 1 rings (SSSR count). The van der Waals surface area contributed by atoms with E-state index in [1.807, 2.05) is 0 Å². The smallest absolute Gasteiger partial charge is 0.377 e. The maximum atomic E-state index is 12.4. The number of rotatable bonds is 1. The van der Waals surface area contributed by atoms with Crippen LogP contribution in [0.25, 0.3) is 0 Å². The van der Waals surface area contributed by atoms with Crippen molar-refractivity contribution in [1.82, 2.24) is 0 Å². The van der Waals surface area contributed by atoms with Crippen LogP contribution in [-0.2, 0) is 6.18 Å². The summed E-state index contributed by atoms with van der Waals surface area (Å²) in [7, 11) is 3.11. The summed E-state index contributed by atoms with van der Waals surface area (Å²) in [4.78, 5) is 1.39. The number of hydrogen-bond donors (Lipinski definition) is 0. The molecule has 0 atom stereocenters. The predicted molar refractivity (Wildman–Crippen MR) is 44.6 cm³/mol. The van der Waals surface area contributed by atoms with Crippen LogP contribution in [0.5, 0.6) is 0 Å². The van der Waals surface area contributed by atoms with Gasteiger partial charge in [-0.05, 0) is 6.07 Å². The molecule has 0 bridgehead atoms. The zero-order chi connectivity index (χ0) is 10.1. The van der Waals surface area contributed by atoms with Crippen molar-refractivity contribution in [3.05, 3.63) is 29.8 Å². The summed E-state index contributed by atoms with van der Waals surface area (Å²) in [6.45, 7) is 0. The van der Waals surface area contributed by atoms with Gasteiger partial charge < -0.3 is 4.90 Å². The normalized spacial score (nSPS) is 11.5. The van der Waals surface area contributed by atoms with Gasteiger partial charge in [-0.2, -0.15) is 13.2 Å². The first kappa shape index (κ1) is 9.89. The Bertz CT molecular complexity index is 291. The maximum absolute atomic E-state index is 12.4. The van der Waals surface area contributed by atoms with Crippen LogP contribution in [0.3, 0.4) is 0 Å². The van der Waals surface area contributed by atoms with E-state index in [1.54, 1.807) is 14.1 Å². The molecule has 71 valence electrons. The summed E-state index contributed by atoms with van der Waals surface area (Å²) in [5, 5.41) is 0. The summed E-state index contributed by atoms with van der Waals surface area (Å²) in [6, 6.07) is 6.39. The molecule has 0 spiro atoms. The predicted octanol–water partition coefficient (Wildman–Crippen LogP) is 2.57. The highest BCUT2D eigenvalue weighted by Gasteiger charge is 2.33. The van der Waals surface area contributed by atoms with E-state index < -0.39 is 11.7 Å². The van der Waals surface area contributed by atoms with Crippen LogP contribution in [0.1, 0.15) is 5.56 Å². The second-order valence-electron chi connectivity index (χ2n) is 2.82. The lowest BCUT2D eigenvalue weighted by molar-refractivity contribution is -0.137. The zero-order valence-corrected chi connectivity index (χ0v) is 7.31. The molecule has 0 unspecified atom stereocenters. The standard InChI is InChI=1S/C9H9F3N/c1-13(2)8-6-4-3-5-7(8)9(10,11)12/h3-5H,1-2H3. The minimum atomic E-state index is -4.31. The van der Waals surface area contributed by atoms with Gasteiger partial charge in [0.2, 0.25) is 0 Å². The van der Waals surface area contributed by atoms with Crippen LogP contribution in [0.2, 0.25) is 0 Å². The van der Waals surface area contributed by atoms with E-state index in [4.69, 9.17) is 0 Å². The quantitative estimate of drug-likeness (QED) is 0.654. The Labute approximate surface area is 74.8 Å². The molecule has 0 saturated heterocycles. The van der Waals surface area contributed by atoms with E-state index in [0.717, 1.165) is 6.07 Å². The molecule has 0 saturated carbocycles. The molecule has 4 heteroatoms. The summed E-state index contributed by atoms with van der Waals surface area (Å²) in [6.07, 6.45) is -4.31. The van der Waals surface area contributed by atoms with E-state index in [-0.39, 0.29) is 5.69 Å². The van der Waals surface area contributed by atoms with E-state index in [2.05, 4.69) is 6.07 Å². The molecule has 1 radical (unpaired) electrons. The van der Waals surface area contributed by atoms with Crippen molar-refractivity contribution in [3.8, 4) is 0 Å². The summed E-state index contributed by atoms with van der Waals surface area (Å²) in [5.41, 5.74) is -0.588. The van der Waals surface area contributed by atoms with Crippen molar-refractivity contribution in [3.63, 3.8) is 0 Å². The molecule has 0 N–H and O–H groups in total. The second-order valence-corrected chi connectivity index (χ2v) is 2.82. The van der Waals surface area contributed by atoms with Crippen LogP contribution < -0.4 is 4.90 Å². The summed E-state index contributed by atoms with van der Waals surface area (Å²) in [5.74, 6) is 0. The van der Waals surface area contributed by atoms with Crippen LogP contribution in [-0.4, -0.2) is 14.1 Å². The van der Waals surface area contributed by atoms with Crippen LogP contribution in [0.15, 0.2) is 18.2 Å². The second kappa shape index (κ2) is 3.28. The van der Waals surface area contributed by atoms with Gasteiger partial charge in [0.15, 0.2) is 0 Å². The zero-order valence-electron chi connectivity index (χ0n) is 7.31. The van der Waals surface area contributed by atoms with Gasteiger partial charge in [0.1, 0.15) is 0 Å². The number of halogens is 3. The van der Waals surface area contributed by atoms with Crippen LogP contribution >= 0.6 is 0 Å². The maximum Gasteiger partial charge on any atom is 0.418 e. The van der Waals surface area contributed by atoms with E-state index in [1.165, 1.54) is 17.0 Å². The SMILES string of the molecule is CN(C)c1[c]cccc1C(F)(F)F. The highest BCUT2D eigenvalue weighted by atomic mass is 19.4. The lowest BCUT2D eigenvalue weighted by atomic mass is 10.1. The monoisotopic (exact) mass is 188 g/mol. The fourth-order valence-corrected chi connectivity index (χ4v) is 1.03. The van der Waals surface area contributed by atoms with E-state index >= 15 is 0 Å². The van der Waals surface area contributed by atoms with Crippen molar-refractivity contribution in [2.45, 2.75) is 6.18 Å². The Morgan fingerprint density at radius 2 is 1.92 bits per heavy atom. The molecule has 1 nitrogen and oxygen atoms in total. The Morgan fingerprint density at radius 3 is 2.31 bits per heavy atom. The van der Waals surface area contributed by atoms with E-state index in [9.17, 15) is 13.2 Å². The average molecular weight is 188 g/mol. The molecule has 0 aliphatic rings. The van der Waals surface area contributed by atoms with Gasteiger partial charge in [-0.15, -0.1) is 0 Å². The molecule has 0 amide bonds. The van der Waals surface area contributed by atoms with Gasteiger partial charge >= 0.3 is 6.18 Å². The summed E-state index contributed by atoms with van der Waals surface area (Å²) < 4.78 is 37.1. The lowest BCUT2D eigenvalue weighted by Gasteiger charge is -2.18. The molecular formula is C9H9F3N. The summed E-state index contributed by atoms with van der Waals surface area (Å²) >= 11 is 0. The first-order chi connectivity index (χ1) is 5.93. The molecule has 0 aromatic heterocycles. The highest BCUT2D eigenvalue weighted by Crippen LogP contribution is 2.35. The number of anilines is 1. The van der Waals surface area contributed by atoms with Gasteiger partial charge in [0.05, 0.1) is 11.3 Å². The number of benzene rings is 1. The van der Waals surface area contributed by atoms with Crippen molar-refractivity contribution in [2.24, 2.45) is 0 Å². The molecule has 1 aromatic carbocycles. The fraction of sp³-hybridized carbons (Fsp3) is 0.333. The van der Waals surface area contributed by atoms with Gasteiger partial charge in [-0.25, -0.2) is 0 Å². The molecule has 0 aliphatic heterocycles.